The van der Waals surface area contributed by atoms with E-state index in [1.807, 2.05) is 4.90 Å². The van der Waals surface area contributed by atoms with Gasteiger partial charge in [-0.1, -0.05) is 19.3 Å². The molecule has 3 fully saturated rings. The third kappa shape index (κ3) is 3.29. The molecule has 5 heteroatoms. The van der Waals surface area contributed by atoms with Crippen molar-refractivity contribution in [1.29, 1.82) is 0 Å². The maximum absolute atomic E-state index is 12.7. The molecule has 2 aliphatic carbocycles. The van der Waals surface area contributed by atoms with Gasteiger partial charge in [0.05, 0.1) is 6.10 Å². The fraction of sp³-hybridized carbons (Fsp3) is 0.882. The van der Waals surface area contributed by atoms with Crippen molar-refractivity contribution in [2.45, 2.75) is 70.4 Å². The Balaban J connectivity index is 1.61. The summed E-state index contributed by atoms with van der Waals surface area (Å²) < 4.78 is 0. The Morgan fingerprint density at radius 3 is 2.45 bits per heavy atom. The number of amides is 2. The van der Waals surface area contributed by atoms with Gasteiger partial charge in [-0.25, -0.2) is 0 Å². The van der Waals surface area contributed by atoms with Gasteiger partial charge in [-0.2, -0.15) is 0 Å². The normalized spacial score (nSPS) is 26.7. The molecule has 2 amide bonds. The number of carbonyl (C=O) groups is 2. The Morgan fingerprint density at radius 2 is 1.86 bits per heavy atom. The maximum Gasteiger partial charge on any atom is 0.247 e. The first-order chi connectivity index (χ1) is 10.5. The third-order valence-electron chi connectivity index (χ3n) is 5.66. The van der Waals surface area contributed by atoms with Crippen molar-refractivity contribution in [2.75, 3.05) is 13.1 Å². The monoisotopic (exact) mass is 308 g/mol. The van der Waals surface area contributed by atoms with Crippen LogP contribution in [0.4, 0.5) is 0 Å². The van der Waals surface area contributed by atoms with Crippen LogP contribution in [-0.2, 0) is 9.59 Å². The van der Waals surface area contributed by atoms with E-state index in [1.165, 1.54) is 32.1 Å². The highest BCUT2D eigenvalue weighted by Gasteiger charge is 2.43. The van der Waals surface area contributed by atoms with E-state index in [2.05, 4.69) is 5.32 Å². The minimum absolute atomic E-state index is 0.0531. The standard InChI is InChI=1S/C17H28N2O3/c1-12(20)14(18-15(21)13-5-6-13)16(22)19-10-9-17(11-19)7-3-2-4-8-17/h12-14,20H,2-11H2,1H3,(H,18,21). The lowest BCUT2D eigenvalue weighted by Crippen LogP contribution is -2.53. The maximum atomic E-state index is 12.7. The van der Waals surface area contributed by atoms with Crippen LogP contribution in [0.2, 0.25) is 0 Å². The van der Waals surface area contributed by atoms with Gasteiger partial charge in [-0.05, 0) is 44.4 Å². The van der Waals surface area contributed by atoms with Crippen LogP contribution in [0.1, 0.15) is 58.3 Å². The van der Waals surface area contributed by atoms with Crippen LogP contribution in [0.5, 0.6) is 0 Å². The minimum atomic E-state index is -0.849. The van der Waals surface area contributed by atoms with Crippen LogP contribution in [0.15, 0.2) is 0 Å². The van der Waals surface area contributed by atoms with Crippen LogP contribution in [-0.4, -0.2) is 47.1 Å². The van der Waals surface area contributed by atoms with Crippen molar-refractivity contribution >= 4 is 11.8 Å². The lowest BCUT2D eigenvalue weighted by Gasteiger charge is -2.34. The first-order valence-electron chi connectivity index (χ1n) is 8.78. The lowest BCUT2D eigenvalue weighted by molar-refractivity contribution is -0.139. The molecular formula is C17H28N2O3. The Kier molecular flexibility index (Phi) is 4.44. The first kappa shape index (κ1) is 15.8. The number of likely N-dealkylation sites (tertiary alicyclic amines) is 1. The molecule has 1 spiro atoms. The molecule has 0 bridgehead atoms. The van der Waals surface area contributed by atoms with E-state index in [0.717, 1.165) is 32.4 Å². The van der Waals surface area contributed by atoms with E-state index in [4.69, 9.17) is 0 Å². The van der Waals surface area contributed by atoms with Crippen molar-refractivity contribution in [3.63, 3.8) is 0 Å². The summed E-state index contributed by atoms with van der Waals surface area (Å²) in [4.78, 5) is 26.6. The van der Waals surface area contributed by atoms with Gasteiger partial charge in [-0.15, -0.1) is 0 Å². The SMILES string of the molecule is CC(O)C(NC(=O)C1CC1)C(=O)N1CCC2(CCCCC2)C1. The molecule has 22 heavy (non-hydrogen) atoms. The minimum Gasteiger partial charge on any atom is -0.391 e. The molecule has 0 aromatic carbocycles. The summed E-state index contributed by atoms with van der Waals surface area (Å²) in [6, 6.07) is -0.785. The van der Waals surface area contributed by atoms with E-state index in [1.54, 1.807) is 6.92 Å². The number of aliphatic hydroxyl groups is 1. The summed E-state index contributed by atoms with van der Waals surface area (Å²) in [6.07, 6.45) is 8.29. The lowest BCUT2D eigenvalue weighted by atomic mass is 9.73. The highest BCUT2D eigenvalue weighted by Crippen LogP contribution is 2.43. The molecule has 1 aliphatic heterocycles. The molecule has 3 aliphatic rings. The second kappa shape index (κ2) is 6.19. The van der Waals surface area contributed by atoms with E-state index in [-0.39, 0.29) is 17.7 Å². The Bertz CT molecular complexity index is 439. The Morgan fingerprint density at radius 1 is 1.18 bits per heavy atom. The van der Waals surface area contributed by atoms with E-state index >= 15 is 0 Å². The van der Waals surface area contributed by atoms with Crippen LogP contribution in [0.25, 0.3) is 0 Å². The number of rotatable bonds is 4. The number of hydrogen-bond donors (Lipinski definition) is 2. The molecule has 1 saturated heterocycles. The van der Waals surface area contributed by atoms with Gasteiger partial charge in [0, 0.05) is 19.0 Å². The third-order valence-corrected chi connectivity index (χ3v) is 5.66. The number of nitrogens with one attached hydrogen (secondary N) is 1. The molecule has 0 radical (unpaired) electrons. The molecule has 124 valence electrons. The van der Waals surface area contributed by atoms with Gasteiger partial charge in [-0.3, -0.25) is 9.59 Å². The smallest absolute Gasteiger partial charge is 0.247 e. The summed E-state index contributed by atoms with van der Waals surface area (Å²) >= 11 is 0. The predicted octanol–water partition coefficient (Wildman–Crippen LogP) is 1.44. The zero-order valence-electron chi connectivity index (χ0n) is 13.5. The van der Waals surface area contributed by atoms with Gasteiger partial charge >= 0.3 is 0 Å². The van der Waals surface area contributed by atoms with Crippen LogP contribution < -0.4 is 5.32 Å². The molecule has 2 atom stereocenters. The molecule has 1 heterocycles. The summed E-state index contributed by atoms with van der Waals surface area (Å²) in [5.41, 5.74) is 0.303. The van der Waals surface area contributed by atoms with Gasteiger partial charge < -0.3 is 15.3 Å². The zero-order chi connectivity index (χ0) is 15.7. The molecule has 2 saturated carbocycles. The second-order valence-electron chi connectivity index (χ2n) is 7.57. The van der Waals surface area contributed by atoms with Crippen molar-refractivity contribution in [2.24, 2.45) is 11.3 Å². The molecule has 0 aromatic heterocycles. The van der Waals surface area contributed by atoms with Crippen molar-refractivity contribution < 1.29 is 14.7 Å². The molecular weight excluding hydrogens is 280 g/mol. The highest BCUT2D eigenvalue weighted by molar-refractivity contribution is 5.90. The van der Waals surface area contributed by atoms with Crippen molar-refractivity contribution in [3.05, 3.63) is 0 Å². The van der Waals surface area contributed by atoms with Gasteiger partial charge in [0.25, 0.3) is 0 Å². The summed E-state index contributed by atoms with van der Waals surface area (Å²) in [5, 5.41) is 12.7. The summed E-state index contributed by atoms with van der Waals surface area (Å²) in [6.45, 7) is 3.15. The summed E-state index contributed by atoms with van der Waals surface area (Å²) in [7, 11) is 0. The summed E-state index contributed by atoms with van der Waals surface area (Å²) in [5.74, 6) is -0.130. The predicted molar refractivity (Wildman–Crippen MR) is 83.1 cm³/mol. The molecule has 2 unspecified atom stereocenters. The van der Waals surface area contributed by atoms with Gasteiger partial charge in [0.1, 0.15) is 6.04 Å². The van der Waals surface area contributed by atoms with Gasteiger partial charge in [0.15, 0.2) is 0 Å². The quantitative estimate of drug-likeness (QED) is 0.826. The molecule has 3 rings (SSSR count). The van der Waals surface area contributed by atoms with E-state index in [9.17, 15) is 14.7 Å². The average molecular weight is 308 g/mol. The molecule has 2 N–H and O–H groups in total. The zero-order valence-corrected chi connectivity index (χ0v) is 13.5. The highest BCUT2D eigenvalue weighted by atomic mass is 16.3. The fourth-order valence-electron chi connectivity index (χ4n) is 4.04. The Labute approximate surface area is 132 Å². The topological polar surface area (TPSA) is 69.6 Å². The van der Waals surface area contributed by atoms with Gasteiger partial charge in [0.2, 0.25) is 11.8 Å². The number of nitrogens with zero attached hydrogens (tertiary/aromatic N) is 1. The fourth-order valence-corrected chi connectivity index (χ4v) is 4.04. The van der Waals surface area contributed by atoms with E-state index in [0.29, 0.717) is 5.41 Å². The molecule has 5 nitrogen and oxygen atoms in total. The molecule has 0 aromatic rings. The van der Waals surface area contributed by atoms with Crippen LogP contribution in [0.3, 0.4) is 0 Å². The second-order valence-corrected chi connectivity index (χ2v) is 7.57. The van der Waals surface area contributed by atoms with E-state index < -0.39 is 12.1 Å². The average Bonchev–Trinajstić information content (AvgIpc) is 3.28. The number of carbonyl (C=O) groups excluding carboxylic acids is 2. The van der Waals surface area contributed by atoms with Crippen LogP contribution in [0, 0.1) is 11.3 Å². The first-order valence-corrected chi connectivity index (χ1v) is 8.78. The number of aliphatic hydroxyl groups excluding tert-OH is 1. The largest absolute Gasteiger partial charge is 0.391 e. The van der Waals surface area contributed by atoms with Crippen molar-refractivity contribution in [1.82, 2.24) is 10.2 Å². The Hall–Kier alpha value is -1.10. The van der Waals surface area contributed by atoms with Crippen molar-refractivity contribution in [3.8, 4) is 0 Å². The van der Waals surface area contributed by atoms with Crippen LogP contribution >= 0.6 is 0 Å². The number of hydrogen-bond acceptors (Lipinski definition) is 3.